The lowest BCUT2D eigenvalue weighted by atomic mass is 10.3. The van der Waals surface area contributed by atoms with Gasteiger partial charge >= 0.3 is 0 Å². The van der Waals surface area contributed by atoms with Crippen molar-refractivity contribution < 1.29 is 4.79 Å². The monoisotopic (exact) mass is 294 g/mol. The van der Waals surface area contributed by atoms with Crippen molar-refractivity contribution in [2.75, 3.05) is 11.1 Å². The lowest BCUT2D eigenvalue weighted by Crippen LogP contribution is -2.15. The summed E-state index contributed by atoms with van der Waals surface area (Å²) in [5.41, 5.74) is 0.809. The van der Waals surface area contributed by atoms with Gasteiger partial charge in [-0.2, -0.15) is 0 Å². The molecule has 0 atom stereocenters. The first-order valence-corrected chi connectivity index (χ1v) is 6.93. The van der Waals surface area contributed by atoms with Crippen molar-refractivity contribution in [1.82, 2.24) is 15.0 Å². The predicted molar refractivity (Wildman–Crippen MR) is 75.6 cm³/mol. The third kappa shape index (κ3) is 3.65. The first kappa shape index (κ1) is 13.8. The van der Waals surface area contributed by atoms with Gasteiger partial charge in [-0.3, -0.25) is 9.78 Å². The van der Waals surface area contributed by atoms with Crippen molar-refractivity contribution in [2.45, 2.75) is 12.1 Å². The molecule has 1 amide bonds. The molecule has 2 heterocycles. The summed E-state index contributed by atoms with van der Waals surface area (Å²) in [6, 6.07) is 3.38. The van der Waals surface area contributed by atoms with E-state index in [0.717, 1.165) is 5.75 Å². The molecule has 0 bridgehead atoms. The Balaban J connectivity index is 2.21. The highest BCUT2D eigenvalue weighted by Crippen LogP contribution is 2.19. The van der Waals surface area contributed by atoms with E-state index in [1.165, 1.54) is 18.0 Å². The lowest BCUT2D eigenvalue weighted by molar-refractivity contribution is 0.102. The van der Waals surface area contributed by atoms with Crippen LogP contribution < -0.4 is 5.32 Å². The topological polar surface area (TPSA) is 67.8 Å². The quantitative estimate of drug-likeness (QED) is 0.694. The number of hydrogen-bond acceptors (Lipinski definition) is 5. The third-order valence-corrected chi connectivity index (χ3v) is 3.17. The summed E-state index contributed by atoms with van der Waals surface area (Å²) >= 11 is 7.40. The molecule has 0 unspecified atom stereocenters. The average molecular weight is 295 g/mol. The molecule has 7 heteroatoms. The molecule has 0 fully saturated rings. The molecule has 0 aliphatic heterocycles. The number of nitrogens with zero attached hydrogens (tertiary/aromatic N) is 3. The molecule has 0 aromatic carbocycles. The number of carbonyl (C=O) groups is 1. The van der Waals surface area contributed by atoms with Gasteiger partial charge in [-0.05, 0) is 17.9 Å². The van der Waals surface area contributed by atoms with Crippen molar-refractivity contribution in [3.63, 3.8) is 0 Å². The highest BCUT2D eigenvalue weighted by atomic mass is 35.5. The first-order valence-electron chi connectivity index (χ1n) is 5.57. The normalized spacial score (nSPS) is 10.2. The summed E-state index contributed by atoms with van der Waals surface area (Å²) in [7, 11) is 0. The Labute approximate surface area is 119 Å². The van der Waals surface area contributed by atoms with Gasteiger partial charge in [0, 0.05) is 18.1 Å². The van der Waals surface area contributed by atoms with Gasteiger partial charge in [0.1, 0.15) is 0 Å². The van der Waals surface area contributed by atoms with E-state index in [1.54, 1.807) is 24.5 Å². The molecule has 0 saturated heterocycles. The van der Waals surface area contributed by atoms with Crippen LogP contribution in [0, 0.1) is 0 Å². The minimum atomic E-state index is -0.364. The standard InChI is InChI=1S/C12H11ClN4OS/c1-2-19-12-15-7-9(13)10(17-12)11(18)16-8-3-5-14-6-4-8/h3-7H,2H2,1H3,(H,14,16,18). The minimum absolute atomic E-state index is 0.171. The van der Waals surface area contributed by atoms with Crippen LogP contribution in [0.3, 0.4) is 0 Å². The fourth-order valence-electron chi connectivity index (χ4n) is 1.33. The molecule has 98 valence electrons. The average Bonchev–Trinajstić information content (AvgIpc) is 2.42. The molecule has 5 nitrogen and oxygen atoms in total. The zero-order valence-corrected chi connectivity index (χ0v) is 11.7. The zero-order chi connectivity index (χ0) is 13.7. The molecule has 0 radical (unpaired) electrons. The van der Waals surface area contributed by atoms with Crippen LogP contribution in [0.25, 0.3) is 0 Å². The third-order valence-electron chi connectivity index (χ3n) is 2.15. The fraction of sp³-hybridized carbons (Fsp3) is 0.167. The number of pyridine rings is 1. The molecule has 1 N–H and O–H groups in total. The van der Waals surface area contributed by atoms with Gasteiger partial charge in [0.05, 0.1) is 11.2 Å². The van der Waals surface area contributed by atoms with E-state index < -0.39 is 0 Å². The van der Waals surface area contributed by atoms with E-state index in [2.05, 4.69) is 20.3 Å². The maximum atomic E-state index is 12.1. The maximum absolute atomic E-state index is 12.1. The maximum Gasteiger partial charge on any atom is 0.275 e. The van der Waals surface area contributed by atoms with E-state index >= 15 is 0 Å². The largest absolute Gasteiger partial charge is 0.320 e. The molecule has 0 saturated carbocycles. The van der Waals surface area contributed by atoms with Gasteiger partial charge in [0.2, 0.25) is 0 Å². The second kappa shape index (κ2) is 6.49. The number of rotatable bonds is 4. The predicted octanol–water partition coefficient (Wildman–Crippen LogP) is 2.89. The van der Waals surface area contributed by atoms with Gasteiger partial charge in [-0.15, -0.1) is 0 Å². The Kier molecular flexibility index (Phi) is 4.70. The number of thioether (sulfide) groups is 1. The summed E-state index contributed by atoms with van der Waals surface area (Å²) in [4.78, 5) is 24.1. The molecule has 19 heavy (non-hydrogen) atoms. The summed E-state index contributed by atoms with van der Waals surface area (Å²) in [6.07, 6.45) is 4.62. The smallest absolute Gasteiger partial charge is 0.275 e. The summed E-state index contributed by atoms with van der Waals surface area (Å²) in [6.45, 7) is 1.99. The number of aromatic nitrogens is 3. The van der Waals surface area contributed by atoms with Crippen LogP contribution in [-0.4, -0.2) is 26.6 Å². The summed E-state index contributed by atoms with van der Waals surface area (Å²) < 4.78 is 0. The van der Waals surface area contributed by atoms with Gasteiger partial charge in [0.25, 0.3) is 5.91 Å². The molecule has 0 aliphatic carbocycles. The van der Waals surface area contributed by atoms with E-state index in [0.29, 0.717) is 10.8 Å². The van der Waals surface area contributed by atoms with Crippen LogP contribution in [0.1, 0.15) is 17.4 Å². The van der Waals surface area contributed by atoms with Crippen LogP contribution in [0.4, 0.5) is 5.69 Å². The SMILES string of the molecule is CCSc1ncc(Cl)c(C(=O)Nc2ccncc2)n1. The van der Waals surface area contributed by atoms with Crippen molar-refractivity contribution in [2.24, 2.45) is 0 Å². The Bertz CT molecular complexity index is 579. The summed E-state index contributed by atoms with van der Waals surface area (Å²) in [5, 5.41) is 3.47. The zero-order valence-electron chi connectivity index (χ0n) is 10.1. The van der Waals surface area contributed by atoms with Crippen molar-refractivity contribution >= 4 is 35.0 Å². The van der Waals surface area contributed by atoms with E-state index in [9.17, 15) is 4.79 Å². The molecule has 2 aromatic rings. The summed E-state index contributed by atoms with van der Waals surface area (Å²) in [5.74, 6) is 0.462. The highest BCUT2D eigenvalue weighted by molar-refractivity contribution is 7.99. The van der Waals surface area contributed by atoms with Crippen LogP contribution in [0.2, 0.25) is 5.02 Å². The second-order valence-corrected chi connectivity index (χ2v) is 5.11. The highest BCUT2D eigenvalue weighted by Gasteiger charge is 2.14. The minimum Gasteiger partial charge on any atom is -0.320 e. The van der Waals surface area contributed by atoms with Crippen molar-refractivity contribution in [3.05, 3.63) is 41.4 Å². The van der Waals surface area contributed by atoms with Crippen LogP contribution in [0.5, 0.6) is 0 Å². The van der Waals surface area contributed by atoms with E-state index in [-0.39, 0.29) is 16.6 Å². The Hall–Kier alpha value is -1.66. The van der Waals surface area contributed by atoms with Gasteiger partial charge in [0.15, 0.2) is 10.9 Å². The lowest BCUT2D eigenvalue weighted by Gasteiger charge is -2.06. The Morgan fingerprint density at radius 3 is 2.84 bits per heavy atom. The Morgan fingerprint density at radius 2 is 2.16 bits per heavy atom. The number of carbonyl (C=O) groups excluding carboxylic acids is 1. The van der Waals surface area contributed by atoms with E-state index in [1.807, 2.05) is 6.92 Å². The fourth-order valence-corrected chi connectivity index (χ4v) is 2.05. The van der Waals surface area contributed by atoms with Gasteiger partial charge in [-0.25, -0.2) is 9.97 Å². The molecule has 0 spiro atoms. The Morgan fingerprint density at radius 1 is 1.42 bits per heavy atom. The van der Waals surface area contributed by atoms with E-state index in [4.69, 9.17) is 11.6 Å². The first-order chi connectivity index (χ1) is 9.20. The number of anilines is 1. The molecule has 0 aliphatic rings. The van der Waals surface area contributed by atoms with Gasteiger partial charge in [-0.1, -0.05) is 30.3 Å². The molecular weight excluding hydrogens is 284 g/mol. The number of halogens is 1. The number of nitrogens with one attached hydrogen (secondary N) is 1. The second-order valence-electron chi connectivity index (χ2n) is 3.47. The van der Waals surface area contributed by atoms with Crippen LogP contribution >= 0.6 is 23.4 Å². The molecular formula is C12H11ClN4OS. The molecule has 2 rings (SSSR count). The number of hydrogen-bond donors (Lipinski definition) is 1. The van der Waals surface area contributed by atoms with Crippen molar-refractivity contribution in [1.29, 1.82) is 0 Å². The van der Waals surface area contributed by atoms with Crippen LogP contribution in [-0.2, 0) is 0 Å². The molecule has 2 aromatic heterocycles. The number of amides is 1. The van der Waals surface area contributed by atoms with Crippen LogP contribution in [0.15, 0.2) is 35.9 Å². The van der Waals surface area contributed by atoms with Crippen molar-refractivity contribution in [3.8, 4) is 0 Å². The van der Waals surface area contributed by atoms with Gasteiger partial charge < -0.3 is 5.32 Å².